The van der Waals surface area contributed by atoms with Crippen LogP contribution in [0.5, 0.6) is 0 Å². The maximum atomic E-state index is 15.1. The molecule has 2 fully saturated rings. The molecule has 0 saturated carbocycles. The Labute approximate surface area is 259 Å². The molecule has 0 spiro atoms. The Kier molecular flexibility index (Phi) is 9.61. The molecule has 2 bridgehead atoms. The normalized spacial score (nSPS) is 22.9. The van der Waals surface area contributed by atoms with Crippen molar-refractivity contribution < 1.29 is 26.4 Å². The van der Waals surface area contributed by atoms with E-state index in [0.717, 1.165) is 19.5 Å². The molecule has 2 aliphatic rings. The number of hydrogen-bond donors (Lipinski definition) is 3. The first-order valence-corrected chi connectivity index (χ1v) is 16.3. The Hall–Kier alpha value is -3.10. The van der Waals surface area contributed by atoms with E-state index in [2.05, 4.69) is 20.6 Å². The van der Waals surface area contributed by atoms with Gasteiger partial charge in [-0.15, -0.1) is 0 Å². The number of hydrogen-bond acceptors (Lipinski definition) is 7. The van der Waals surface area contributed by atoms with Gasteiger partial charge in [0.15, 0.2) is 0 Å². The lowest BCUT2D eigenvalue weighted by Crippen LogP contribution is -2.57. The van der Waals surface area contributed by atoms with E-state index >= 15 is 4.39 Å². The van der Waals surface area contributed by atoms with E-state index in [-0.39, 0.29) is 35.5 Å². The topological polar surface area (TPSA) is 130 Å². The molecule has 5 rings (SSSR count). The van der Waals surface area contributed by atoms with E-state index < -0.39 is 45.3 Å². The van der Waals surface area contributed by atoms with Crippen LogP contribution in [0, 0.1) is 5.82 Å². The number of nitrogens with one attached hydrogen (secondary N) is 2. The minimum absolute atomic E-state index is 0.0817. The number of nitrogens with zero attached hydrogens (tertiary/aromatic N) is 3. The number of alkyl halides is 2. The zero-order valence-corrected chi connectivity index (χ0v) is 25.6. The van der Waals surface area contributed by atoms with Gasteiger partial charge in [0.2, 0.25) is 15.9 Å². The monoisotopic (exact) mass is 650 g/mol. The van der Waals surface area contributed by atoms with Crippen molar-refractivity contribution in [3.05, 3.63) is 88.2 Å². The molecule has 236 valence electrons. The molecule has 5 atom stereocenters. The lowest BCUT2D eigenvalue weighted by Gasteiger charge is -2.37. The van der Waals surface area contributed by atoms with E-state index in [4.69, 9.17) is 17.3 Å². The number of fused-ring (bicyclic) bond motifs is 2. The Morgan fingerprint density at radius 3 is 2.59 bits per heavy atom. The van der Waals surface area contributed by atoms with Crippen molar-refractivity contribution >= 4 is 33.2 Å². The predicted molar refractivity (Wildman–Crippen MR) is 162 cm³/mol. The summed E-state index contributed by atoms with van der Waals surface area (Å²) in [6.07, 6.45) is 5.44. The zero-order chi connectivity index (χ0) is 31.6. The van der Waals surface area contributed by atoms with Gasteiger partial charge >= 0.3 is 0 Å². The third-order valence-corrected chi connectivity index (χ3v) is 10.5. The van der Waals surface area contributed by atoms with E-state index in [1.807, 2.05) is 0 Å². The van der Waals surface area contributed by atoms with Crippen LogP contribution in [0.3, 0.4) is 0 Å². The average Bonchev–Trinajstić information content (AvgIpc) is 3.09. The maximum Gasteiger partial charge on any atom is 0.286 e. The number of halogens is 4. The minimum Gasteiger partial charge on any atom is -0.323 e. The van der Waals surface area contributed by atoms with Crippen LogP contribution >= 0.6 is 11.6 Å². The smallest absolute Gasteiger partial charge is 0.286 e. The number of nitrogens with two attached hydrogens (primary N) is 1. The molecular weight excluding hydrogens is 617 g/mol. The van der Waals surface area contributed by atoms with Crippen molar-refractivity contribution in [2.75, 3.05) is 24.2 Å². The van der Waals surface area contributed by atoms with Crippen LogP contribution in [0.15, 0.2) is 55.0 Å². The number of carbonyl (C=O) groups is 1. The van der Waals surface area contributed by atoms with Crippen LogP contribution in [0.1, 0.15) is 54.5 Å². The zero-order valence-electron chi connectivity index (χ0n) is 24.0. The molecule has 9 nitrogen and oxygen atoms in total. The molecule has 0 aliphatic carbocycles. The fourth-order valence-electron chi connectivity index (χ4n) is 5.87. The second-order valence-electron chi connectivity index (χ2n) is 11.4. The third kappa shape index (κ3) is 7.23. The number of benzene rings is 1. The van der Waals surface area contributed by atoms with Gasteiger partial charge in [-0.3, -0.25) is 14.8 Å². The maximum absolute atomic E-state index is 15.1. The summed E-state index contributed by atoms with van der Waals surface area (Å²) < 4.78 is 70.0. The standard InChI is InChI=1S/C30H34ClF3N6O3S/c1-30(33,34)26-11-6-19(13-38-26)27(18-4-7-20(31)8-5-18)28(35)29(41)39-25-16-36-15-24(32)23(25)10-9-22-14-37-21-3-2-12-44(42,43)40(22)17-21/h4-8,11,13,15-16,21-22,27-28,37H,2-3,9-10,12,14,17,35H2,1H3,(H,39,41)/t21-,22+,27+,28+/m1/s1. The van der Waals surface area contributed by atoms with Gasteiger partial charge in [-0.25, -0.2) is 12.8 Å². The molecule has 4 N–H and O–H groups in total. The van der Waals surface area contributed by atoms with Gasteiger partial charge in [-0.1, -0.05) is 29.8 Å². The fourth-order valence-corrected chi connectivity index (χ4v) is 7.81. The van der Waals surface area contributed by atoms with Crippen LogP contribution in [0.2, 0.25) is 5.02 Å². The largest absolute Gasteiger partial charge is 0.323 e. The van der Waals surface area contributed by atoms with Crippen LogP contribution in [0.4, 0.5) is 18.9 Å². The minimum atomic E-state index is -3.43. The van der Waals surface area contributed by atoms with Crippen molar-refractivity contribution in [1.29, 1.82) is 0 Å². The summed E-state index contributed by atoms with van der Waals surface area (Å²) in [6.45, 7) is 1.56. The van der Waals surface area contributed by atoms with Crippen molar-refractivity contribution in [3.8, 4) is 0 Å². The summed E-state index contributed by atoms with van der Waals surface area (Å²) in [5.74, 6) is -5.19. The van der Waals surface area contributed by atoms with Gasteiger partial charge in [-0.2, -0.15) is 13.1 Å². The summed E-state index contributed by atoms with van der Waals surface area (Å²) in [5.41, 5.74) is 7.37. The Morgan fingerprint density at radius 2 is 1.91 bits per heavy atom. The predicted octanol–water partition coefficient (Wildman–Crippen LogP) is 4.18. The molecule has 2 saturated heterocycles. The highest BCUT2D eigenvalue weighted by Crippen LogP contribution is 2.32. The molecule has 4 heterocycles. The number of pyridine rings is 2. The third-order valence-electron chi connectivity index (χ3n) is 8.24. The number of piperazine rings is 1. The SMILES string of the molecule is CC(F)(F)c1ccc([C@H](c2ccc(Cl)cc2)[C@H](N)C(=O)Nc2cncc(F)c2CC[C@H]2CN[C@@H]3CCCS(=O)(=O)N2C3)cn1. The van der Waals surface area contributed by atoms with Crippen molar-refractivity contribution in [3.63, 3.8) is 0 Å². The van der Waals surface area contributed by atoms with E-state index in [1.54, 1.807) is 24.3 Å². The van der Waals surface area contributed by atoms with E-state index in [0.29, 0.717) is 42.1 Å². The summed E-state index contributed by atoms with van der Waals surface area (Å²) in [6, 6.07) is 7.71. The van der Waals surface area contributed by atoms with Crippen LogP contribution in [-0.4, -0.2) is 65.6 Å². The molecule has 14 heteroatoms. The van der Waals surface area contributed by atoms with Gasteiger partial charge in [0.05, 0.1) is 29.9 Å². The molecule has 2 aliphatic heterocycles. The molecule has 1 amide bonds. The second-order valence-corrected chi connectivity index (χ2v) is 13.9. The lowest BCUT2D eigenvalue weighted by molar-refractivity contribution is -0.117. The number of sulfonamides is 1. The summed E-state index contributed by atoms with van der Waals surface area (Å²) >= 11 is 6.06. The highest BCUT2D eigenvalue weighted by Gasteiger charge is 2.38. The number of rotatable bonds is 9. The molecule has 3 aromatic rings. The molecule has 1 unspecified atom stereocenters. The van der Waals surface area contributed by atoms with Gasteiger partial charge in [0.1, 0.15) is 11.5 Å². The average molecular weight is 651 g/mol. The number of carbonyl (C=O) groups excluding carboxylic acids is 1. The first-order valence-electron chi connectivity index (χ1n) is 14.3. The Bertz CT molecular complexity index is 1590. The van der Waals surface area contributed by atoms with Crippen molar-refractivity contribution in [1.82, 2.24) is 19.6 Å². The second kappa shape index (κ2) is 13.1. The Morgan fingerprint density at radius 1 is 1.18 bits per heavy atom. The first-order chi connectivity index (χ1) is 20.8. The quantitative estimate of drug-likeness (QED) is 0.317. The van der Waals surface area contributed by atoms with Crippen LogP contribution < -0.4 is 16.4 Å². The van der Waals surface area contributed by atoms with Gasteiger partial charge in [0, 0.05) is 54.8 Å². The Balaban J connectivity index is 1.37. The van der Waals surface area contributed by atoms with E-state index in [9.17, 15) is 22.0 Å². The van der Waals surface area contributed by atoms with Crippen molar-refractivity contribution in [2.24, 2.45) is 5.73 Å². The molecule has 1 aromatic carbocycles. The number of anilines is 1. The highest BCUT2D eigenvalue weighted by atomic mass is 35.5. The molecule has 44 heavy (non-hydrogen) atoms. The number of amides is 1. The molecular formula is C30H34ClF3N6O3S. The van der Waals surface area contributed by atoms with Crippen molar-refractivity contribution in [2.45, 2.75) is 62.6 Å². The fraction of sp³-hybridized carbons (Fsp3) is 0.433. The van der Waals surface area contributed by atoms with E-state index in [1.165, 1.54) is 28.8 Å². The number of aromatic nitrogens is 2. The summed E-state index contributed by atoms with van der Waals surface area (Å²) in [4.78, 5) is 21.4. The summed E-state index contributed by atoms with van der Waals surface area (Å²) in [5, 5.41) is 6.55. The molecule has 2 aromatic heterocycles. The van der Waals surface area contributed by atoms with Gasteiger partial charge in [0.25, 0.3) is 5.92 Å². The molecule has 0 radical (unpaired) electrons. The van der Waals surface area contributed by atoms with Gasteiger partial charge < -0.3 is 16.4 Å². The van der Waals surface area contributed by atoms with Crippen LogP contribution in [0.25, 0.3) is 0 Å². The van der Waals surface area contributed by atoms with Crippen LogP contribution in [-0.2, 0) is 27.2 Å². The lowest BCUT2D eigenvalue weighted by atomic mass is 9.85. The summed E-state index contributed by atoms with van der Waals surface area (Å²) in [7, 11) is -3.43. The van der Waals surface area contributed by atoms with Gasteiger partial charge in [-0.05, 0) is 55.0 Å². The first kappa shape index (κ1) is 32.3. The highest BCUT2D eigenvalue weighted by molar-refractivity contribution is 7.89.